The summed E-state index contributed by atoms with van der Waals surface area (Å²) in [5.41, 5.74) is 2.02. The number of methoxy groups -OCH3 is 1. The minimum Gasteiger partial charge on any atom is -0.497 e. The molecular weight excluding hydrogens is 355 g/mol. The number of benzene rings is 3. The number of anilines is 1. The maximum Gasteiger partial charge on any atom is 0.246 e. The lowest BCUT2D eigenvalue weighted by atomic mass is 10.0. The van der Waals surface area contributed by atoms with E-state index in [0.717, 1.165) is 5.56 Å². The molecule has 3 aromatic rings. The molecule has 28 heavy (non-hydrogen) atoms. The van der Waals surface area contributed by atoms with Gasteiger partial charge in [0, 0.05) is 23.9 Å². The third-order valence-electron chi connectivity index (χ3n) is 4.52. The first-order chi connectivity index (χ1) is 13.6. The number of nitrogens with one attached hydrogen (secondary N) is 1. The van der Waals surface area contributed by atoms with Gasteiger partial charge < -0.3 is 10.1 Å². The average Bonchev–Trinajstić information content (AvgIpc) is 2.71. The number of nitrogens with zero attached hydrogens (tertiary/aromatic N) is 1. The standard InChI is InChI=1S/C23H23FN2O2/c1-26(16-18-11-6-7-14-21(18)24)22(17-9-4-3-5-10-17)23(27)25-19-12-8-13-20(15-19)28-2/h3-15,22H,16H2,1-2H3,(H,25,27)/t22-/m0/s1. The molecule has 3 rings (SSSR count). The zero-order valence-electron chi connectivity index (χ0n) is 15.9. The molecule has 1 atom stereocenters. The molecule has 0 bridgehead atoms. The zero-order valence-corrected chi connectivity index (χ0v) is 15.9. The molecule has 0 heterocycles. The Labute approximate surface area is 164 Å². The van der Waals surface area contributed by atoms with Crippen LogP contribution >= 0.6 is 0 Å². The number of carbonyl (C=O) groups excluding carboxylic acids is 1. The molecule has 0 saturated heterocycles. The van der Waals surface area contributed by atoms with Gasteiger partial charge >= 0.3 is 0 Å². The van der Waals surface area contributed by atoms with Crippen molar-refractivity contribution in [3.63, 3.8) is 0 Å². The van der Waals surface area contributed by atoms with E-state index in [1.807, 2.05) is 54.4 Å². The van der Waals surface area contributed by atoms with E-state index in [0.29, 0.717) is 23.5 Å². The quantitative estimate of drug-likeness (QED) is 0.651. The minimum absolute atomic E-state index is 0.196. The summed E-state index contributed by atoms with van der Waals surface area (Å²) in [5.74, 6) is 0.182. The normalized spacial score (nSPS) is 11.9. The molecule has 0 aromatic heterocycles. The monoisotopic (exact) mass is 378 g/mol. The zero-order chi connectivity index (χ0) is 19.9. The van der Waals surface area contributed by atoms with Crippen LogP contribution in [-0.4, -0.2) is 25.0 Å². The van der Waals surface area contributed by atoms with Gasteiger partial charge in [-0.05, 0) is 30.8 Å². The molecule has 0 fully saturated rings. The number of hydrogen-bond donors (Lipinski definition) is 1. The van der Waals surface area contributed by atoms with Crippen molar-refractivity contribution in [1.29, 1.82) is 0 Å². The number of hydrogen-bond acceptors (Lipinski definition) is 3. The van der Waals surface area contributed by atoms with Gasteiger partial charge in [-0.15, -0.1) is 0 Å². The fraction of sp³-hybridized carbons (Fsp3) is 0.174. The highest BCUT2D eigenvalue weighted by Crippen LogP contribution is 2.25. The minimum atomic E-state index is -0.577. The summed E-state index contributed by atoms with van der Waals surface area (Å²) in [6, 6.07) is 22.7. The second-order valence-corrected chi connectivity index (χ2v) is 6.54. The highest BCUT2D eigenvalue weighted by Gasteiger charge is 2.26. The molecule has 3 aromatic carbocycles. The van der Waals surface area contributed by atoms with E-state index in [9.17, 15) is 9.18 Å². The Bertz CT molecular complexity index is 931. The predicted octanol–water partition coefficient (Wildman–Crippen LogP) is 4.65. The number of amides is 1. The molecule has 0 aliphatic carbocycles. The van der Waals surface area contributed by atoms with Crippen molar-refractivity contribution < 1.29 is 13.9 Å². The second kappa shape index (κ2) is 9.15. The first-order valence-corrected chi connectivity index (χ1v) is 9.02. The predicted molar refractivity (Wildman–Crippen MR) is 109 cm³/mol. The number of rotatable bonds is 7. The van der Waals surface area contributed by atoms with Crippen LogP contribution in [0.2, 0.25) is 0 Å². The van der Waals surface area contributed by atoms with Crippen molar-refractivity contribution >= 4 is 11.6 Å². The van der Waals surface area contributed by atoms with Gasteiger partial charge in [-0.2, -0.15) is 0 Å². The van der Waals surface area contributed by atoms with Crippen LogP contribution in [0.3, 0.4) is 0 Å². The molecule has 0 aliphatic rings. The van der Waals surface area contributed by atoms with E-state index < -0.39 is 6.04 Å². The smallest absolute Gasteiger partial charge is 0.246 e. The molecule has 1 amide bonds. The SMILES string of the molecule is COc1cccc(NC(=O)[C@H](c2ccccc2)N(C)Cc2ccccc2F)c1. The number of carbonyl (C=O) groups is 1. The number of likely N-dealkylation sites (N-methyl/N-ethyl adjacent to an activating group) is 1. The van der Waals surface area contributed by atoms with Gasteiger partial charge in [0.1, 0.15) is 17.6 Å². The first-order valence-electron chi connectivity index (χ1n) is 9.02. The number of ether oxygens (including phenoxy) is 1. The van der Waals surface area contributed by atoms with E-state index in [-0.39, 0.29) is 11.7 Å². The lowest BCUT2D eigenvalue weighted by Gasteiger charge is -2.28. The fourth-order valence-electron chi connectivity index (χ4n) is 3.14. The lowest BCUT2D eigenvalue weighted by Crippen LogP contribution is -2.34. The van der Waals surface area contributed by atoms with Crippen molar-refractivity contribution in [3.8, 4) is 5.75 Å². The topological polar surface area (TPSA) is 41.6 Å². The number of halogens is 1. The molecule has 144 valence electrons. The molecule has 0 aliphatic heterocycles. The van der Waals surface area contributed by atoms with E-state index in [1.54, 1.807) is 37.4 Å². The van der Waals surface area contributed by atoms with Gasteiger partial charge in [0.15, 0.2) is 0 Å². The second-order valence-electron chi connectivity index (χ2n) is 6.54. The molecule has 0 unspecified atom stereocenters. The van der Waals surface area contributed by atoms with Gasteiger partial charge in [0.05, 0.1) is 7.11 Å². The third-order valence-corrected chi connectivity index (χ3v) is 4.52. The van der Waals surface area contributed by atoms with Crippen LogP contribution in [0, 0.1) is 5.82 Å². The van der Waals surface area contributed by atoms with Crippen LogP contribution in [0.1, 0.15) is 17.2 Å². The van der Waals surface area contributed by atoms with Gasteiger partial charge in [-0.1, -0.05) is 54.6 Å². The maximum atomic E-state index is 14.1. The summed E-state index contributed by atoms with van der Waals surface area (Å²) in [6.45, 7) is 0.303. The molecule has 0 radical (unpaired) electrons. The van der Waals surface area contributed by atoms with E-state index in [2.05, 4.69) is 5.32 Å². The molecule has 4 nitrogen and oxygen atoms in total. The Morgan fingerprint density at radius 3 is 2.46 bits per heavy atom. The van der Waals surface area contributed by atoms with Crippen molar-refractivity contribution in [2.45, 2.75) is 12.6 Å². The van der Waals surface area contributed by atoms with Crippen LogP contribution in [-0.2, 0) is 11.3 Å². The summed E-state index contributed by atoms with van der Waals surface area (Å²) in [5, 5.41) is 2.94. The summed E-state index contributed by atoms with van der Waals surface area (Å²) in [4.78, 5) is 15.0. The van der Waals surface area contributed by atoms with Crippen LogP contribution in [0.15, 0.2) is 78.9 Å². The van der Waals surface area contributed by atoms with Gasteiger partial charge in [0.25, 0.3) is 0 Å². The van der Waals surface area contributed by atoms with Gasteiger partial charge in [-0.3, -0.25) is 9.69 Å². The highest BCUT2D eigenvalue weighted by molar-refractivity contribution is 5.95. The highest BCUT2D eigenvalue weighted by atomic mass is 19.1. The first kappa shape index (κ1) is 19.6. The molecule has 1 N–H and O–H groups in total. The summed E-state index contributed by atoms with van der Waals surface area (Å²) < 4.78 is 19.3. The Morgan fingerprint density at radius 1 is 1.04 bits per heavy atom. The van der Waals surface area contributed by atoms with Crippen molar-refractivity contribution in [2.24, 2.45) is 0 Å². The maximum absolute atomic E-state index is 14.1. The Hall–Kier alpha value is -3.18. The van der Waals surface area contributed by atoms with Crippen LogP contribution in [0.4, 0.5) is 10.1 Å². The summed E-state index contributed by atoms with van der Waals surface area (Å²) in [7, 11) is 3.39. The van der Waals surface area contributed by atoms with Crippen LogP contribution in [0.25, 0.3) is 0 Å². The Kier molecular flexibility index (Phi) is 6.40. The molecule has 0 spiro atoms. The summed E-state index contributed by atoms with van der Waals surface area (Å²) >= 11 is 0. The Balaban J connectivity index is 1.86. The molecular formula is C23H23FN2O2. The summed E-state index contributed by atoms with van der Waals surface area (Å²) in [6.07, 6.45) is 0. The van der Waals surface area contributed by atoms with Crippen molar-refractivity contribution in [2.75, 3.05) is 19.5 Å². The fourth-order valence-corrected chi connectivity index (χ4v) is 3.14. The molecule has 5 heteroatoms. The van der Waals surface area contributed by atoms with Crippen molar-refractivity contribution in [3.05, 3.63) is 95.8 Å². The van der Waals surface area contributed by atoms with Gasteiger partial charge in [-0.25, -0.2) is 4.39 Å². The van der Waals surface area contributed by atoms with E-state index in [4.69, 9.17) is 4.74 Å². The lowest BCUT2D eigenvalue weighted by molar-refractivity contribution is -0.121. The van der Waals surface area contributed by atoms with Crippen LogP contribution in [0.5, 0.6) is 5.75 Å². The third kappa shape index (κ3) is 4.75. The largest absolute Gasteiger partial charge is 0.497 e. The van der Waals surface area contributed by atoms with E-state index in [1.165, 1.54) is 6.07 Å². The van der Waals surface area contributed by atoms with Crippen molar-refractivity contribution in [1.82, 2.24) is 4.90 Å². The molecule has 0 saturated carbocycles. The average molecular weight is 378 g/mol. The van der Waals surface area contributed by atoms with Crippen LogP contribution < -0.4 is 10.1 Å². The van der Waals surface area contributed by atoms with Gasteiger partial charge in [0.2, 0.25) is 5.91 Å². The Morgan fingerprint density at radius 2 is 1.75 bits per heavy atom. The van der Waals surface area contributed by atoms with E-state index >= 15 is 0 Å².